The molecule has 4 nitrogen and oxygen atoms in total. The van der Waals surface area contributed by atoms with E-state index >= 15 is 0 Å². The van der Waals surface area contributed by atoms with Crippen LogP contribution >= 0.6 is 11.6 Å². The van der Waals surface area contributed by atoms with Crippen molar-refractivity contribution < 1.29 is 9.18 Å². The first-order chi connectivity index (χ1) is 10.1. The number of carbonyl (C=O) groups excluding carboxylic acids is 1. The van der Waals surface area contributed by atoms with Crippen LogP contribution in [0.3, 0.4) is 0 Å². The minimum atomic E-state index is -0.504. The summed E-state index contributed by atoms with van der Waals surface area (Å²) in [5.74, 6) is -0.922. The number of nitriles is 1. The topological polar surface area (TPSA) is 64.9 Å². The summed E-state index contributed by atoms with van der Waals surface area (Å²) in [4.78, 5) is 11.8. The molecule has 2 rings (SSSR count). The molecule has 106 valence electrons. The number of carbonyl (C=O) groups is 1. The molecule has 0 aliphatic rings. The van der Waals surface area contributed by atoms with Gasteiger partial charge in [0, 0.05) is 0 Å². The van der Waals surface area contributed by atoms with E-state index in [0.717, 1.165) is 0 Å². The third kappa shape index (κ3) is 3.94. The first-order valence-electron chi connectivity index (χ1n) is 6.08. The lowest BCUT2D eigenvalue weighted by Gasteiger charge is -2.10. The summed E-state index contributed by atoms with van der Waals surface area (Å²) in [6.45, 7) is -0.0943. The van der Waals surface area contributed by atoms with Crippen molar-refractivity contribution in [3.63, 3.8) is 0 Å². The van der Waals surface area contributed by atoms with Crippen LogP contribution in [0.15, 0.2) is 42.5 Å². The Morgan fingerprint density at radius 3 is 2.71 bits per heavy atom. The molecule has 0 aliphatic carbocycles. The van der Waals surface area contributed by atoms with E-state index in [1.807, 2.05) is 6.07 Å². The van der Waals surface area contributed by atoms with Crippen LogP contribution in [-0.2, 0) is 4.79 Å². The molecule has 0 bridgehead atoms. The minimum absolute atomic E-state index is 0.0943. The quantitative estimate of drug-likeness (QED) is 0.910. The number of halogens is 2. The molecule has 0 saturated heterocycles. The molecule has 0 atom stereocenters. The molecule has 2 N–H and O–H groups in total. The van der Waals surface area contributed by atoms with Crippen LogP contribution < -0.4 is 10.6 Å². The van der Waals surface area contributed by atoms with Crippen LogP contribution in [0.4, 0.5) is 15.8 Å². The van der Waals surface area contributed by atoms with Crippen molar-refractivity contribution in [3.05, 3.63) is 58.9 Å². The zero-order valence-corrected chi connectivity index (χ0v) is 11.6. The highest BCUT2D eigenvalue weighted by atomic mass is 35.5. The predicted molar refractivity (Wildman–Crippen MR) is 79.7 cm³/mol. The lowest BCUT2D eigenvalue weighted by Crippen LogP contribution is -2.22. The molecule has 2 aromatic rings. The highest BCUT2D eigenvalue weighted by Crippen LogP contribution is 2.22. The fourth-order valence-corrected chi connectivity index (χ4v) is 1.85. The first kappa shape index (κ1) is 14.8. The monoisotopic (exact) mass is 303 g/mol. The van der Waals surface area contributed by atoms with Gasteiger partial charge in [-0.1, -0.05) is 23.7 Å². The normalized spacial score (nSPS) is 9.76. The molecular formula is C15H11ClFN3O. The number of hydrogen-bond acceptors (Lipinski definition) is 3. The summed E-state index contributed by atoms with van der Waals surface area (Å²) >= 11 is 5.96. The standard InChI is InChI=1S/C15H11ClFN3O/c16-11-6-5-10(8-18)7-14(11)19-9-15(21)20-13-4-2-1-3-12(13)17/h1-7,19H,9H2,(H,20,21). The molecule has 0 saturated carbocycles. The second kappa shape index (κ2) is 6.73. The largest absolute Gasteiger partial charge is 0.375 e. The third-order valence-electron chi connectivity index (χ3n) is 2.68. The van der Waals surface area contributed by atoms with Crippen LogP contribution in [0.1, 0.15) is 5.56 Å². The average molecular weight is 304 g/mol. The number of nitrogens with one attached hydrogen (secondary N) is 2. The van der Waals surface area contributed by atoms with Gasteiger partial charge in [0.05, 0.1) is 34.6 Å². The van der Waals surface area contributed by atoms with E-state index < -0.39 is 11.7 Å². The number of hydrogen-bond donors (Lipinski definition) is 2. The highest BCUT2D eigenvalue weighted by Gasteiger charge is 2.07. The van der Waals surface area contributed by atoms with Crippen molar-refractivity contribution in [3.8, 4) is 6.07 Å². The molecule has 21 heavy (non-hydrogen) atoms. The molecule has 0 unspecified atom stereocenters. The molecule has 0 fully saturated rings. The van der Waals surface area contributed by atoms with Crippen molar-refractivity contribution in [2.45, 2.75) is 0 Å². The molecule has 2 aromatic carbocycles. The number of rotatable bonds is 4. The van der Waals surface area contributed by atoms with Gasteiger partial charge >= 0.3 is 0 Å². The summed E-state index contributed by atoms with van der Waals surface area (Å²) < 4.78 is 13.4. The van der Waals surface area contributed by atoms with Gasteiger partial charge in [0.1, 0.15) is 5.82 Å². The zero-order chi connectivity index (χ0) is 15.2. The fourth-order valence-electron chi connectivity index (χ4n) is 1.66. The van der Waals surface area contributed by atoms with Crippen molar-refractivity contribution in [2.75, 3.05) is 17.2 Å². The lowest BCUT2D eigenvalue weighted by atomic mass is 10.2. The molecule has 0 spiro atoms. The molecule has 1 amide bonds. The van der Waals surface area contributed by atoms with E-state index in [0.29, 0.717) is 16.3 Å². The SMILES string of the molecule is N#Cc1ccc(Cl)c(NCC(=O)Nc2ccccc2F)c1. The van der Waals surface area contributed by atoms with Crippen LogP contribution in [0.5, 0.6) is 0 Å². The summed E-state index contributed by atoms with van der Waals surface area (Å²) in [7, 11) is 0. The van der Waals surface area contributed by atoms with Gasteiger partial charge in [-0.05, 0) is 30.3 Å². The Morgan fingerprint density at radius 1 is 1.24 bits per heavy atom. The van der Waals surface area contributed by atoms with Gasteiger partial charge in [0.25, 0.3) is 0 Å². The molecule has 6 heteroatoms. The summed E-state index contributed by atoms with van der Waals surface area (Å²) in [5.41, 5.74) is 1.01. The van der Waals surface area contributed by atoms with Crippen molar-refractivity contribution in [1.82, 2.24) is 0 Å². The molecular weight excluding hydrogens is 293 g/mol. The maximum atomic E-state index is 13.4. The summed E-state index contributed by atoms with van der Waals surface area (Å²) in [5, 5.41) is 14.5. The van der Waals surface area contributed by atoms with Gasteiger partial charge in [-0.3, -0.25) is 4.79 Å². The Balaban J connectivity index is 1.99. The maximum Gasteiger partial charge on any atom is 0.243 e. The van der Waals surface area contributed by atoms with Gasteiger partial charge in [0.2, 0.25) is 5.91 Å². The van der Waals surface area contributed by atoms with Gasteiger partial charge in [-0.25, -0.2) is 4.39 Å². The predicted octanol–water partition coefficient (Wildman–Crippen LogP) is 3.40. The zero-order valence-electron chi connectivity index (χ0n) is 10.9. The second-order valence-electron chi connectivity index (χ2n) is 4.19. The highest BCUT2D eigenvalue weighted by molar-refractivity contribution is 6.33. The Kier molecular flexibility index (Phi) is 4.75. The van der Waals surface area contributed by atoms with Crippen LogP contribution in [0.2, 0.25) is 5.02 Å². The van der Waals surface area contributed by atoms with Crippen LogP contribution in [-0.4, -0.2) is 12.5 Å². The number of amides is 1. The van der Waals surface area contributed by atoms with Crippen LogP contribution in [0.25, 0.3) is 0 Å². The Morgan fingerprint density at radius 2 is 2.00 bits per heavy atom. The molecule has 0 radical (unpaired) electrons. The van der Waals surface area contributed by atoms with E-state index in [9.17, 15) is 9.18 Å². The molecule has 0 aromatic heterocycles. The molecule has 0 heterocycles. The van der Waals surface area contributed by atoms with E-state index in [-0.39, 0.29) is 12.2 Å². The van der Waals surface area contributed by atoms with Crippen LogP contribution in [0, 0.1) is 17.1 Å². The number of para-hydroxylation sites is 1. The first-order valence-corrected chi connectivity index (χ1v) is 6.46. The van der Waals surface area contributed by atoms with E-state index in [2.05, 4.69) is 10.6 Å². The van der Waals surface area contributed by atoms with Gasteiger partial charge in [0.15, 0.2) is 0 Å². The third-order valence-corrected chi connectivity index (χ3v) is 3.01. The summed E-state index contributed by atoms with van der Waals surface area (Å²) in [6, 6.07) is 12.6. The second-order valence-corrected chi connectivity index (χ2v) is 4.60. The number of nitrogens with zero attached hydrogens (tertiary/aromatic N) is 1. The Bertz CT molecular complexity index is 712. The minimum Gasteiger partial charge on any atom is -0.375 e. The average Bonchev–Trinajstić information content (AvgIpc) is 2.49. The van der Waals surface area contributed by atoms with E-state index in [1.165, 1.54) is 18.2 Å². The van der Waals surface area contributed by atoms with Crippen molar-refractivity contribution in [1.29, 1.82) is 5.26 Å². The van der Waals surface area contributed by atoms with Crippen molar-refractivity contribution >= 4 is 28.9 Å². The summed E-state index contributed by atoms with van der Waals surface area (Å²) in [6.07, 6.45) is 0. The van der Waals surface area contributed by atoms with Crippen molar-refractivity contribution in [2.24, 2.45) is 0 Å². The Hall–Kier alpha value is -2.58. The lowest BCUT2D eigenvalue weighted by molar-refractivity contribution is -0.114. The number of anilines is 2. The Labute approximate surface area is 126 Å². The van der Waals surface area contributed by atoms with E-state index in [4.69, 9.17) is 16.9 Å². The van der Waals surface area contributed by atoms with Gasteiger partial charge in [-0.2, -0.15) is 5.26 Å². The smallest absolute Gasteiger partial charge is 0.243 e. The van der Waals surface area contributed by atoms with Gasteiger partial charge in [-0.15, -0.1) is 0 Å². The maximum absolute atomic E-state index is 13.4. The fraction of sp³-hybridized carbons (Fsp3) is 0.0667. The van der Waals surface area contributed by atoms with E-state index in [1.54, 1.807) is 24.3 Å². The van der Waals surface area contributed by atoms with Gasteiger partial charge < -0.3 is 10.6 Å². The molecule has 0 aliphatic heterocycles. The number of benzene rings is 2.